The fourth-order valence-corrected chi connectivity index (χ4v) is 3.56. The van der Waals surface area contributed by atoms with Crippen molar-refractivity contribution < 1.29 is 28.6 Å². The molecule has 1 atom stereocenters. The summed E-state index contributed by atoms with van der Waals surface area (Å²) in [4.78, 5) is 23.0. The Hall–Kier alpha value is -3.49. The summed E-state index contributed by atoms with van der Waals surface area (Å²) in [6, 6.07) is 17.0. The molecule has 0 aliphatic carbocycles. The molecule has 0 radical (unpaired) electrons. The Morgan fingerprint density at radius 2 is 1.62 bits per heavy atom. The minimum Gasteiger partial charge on any atom is -0.755 e. The smallest absolute Gasteiger partial charge is 0.339 e. The number of carbonyl (C=O) groups excluding carboxylic acids is 1. The highest BCUT2D eigenvalue weighted by Gasteiger charge is 2.17. The molecule has 0 aromatic heterocycles. The summed E-state index contributed by atoms with van der Waals surface area (Å²) in [7, 11) is 0. The number of rotatable bonds is 6. The van der Waals surface area contributed by atoms with Crippen LogP contribution < -0.4 is 4.31 Å². The predicted molar refractivity (Wildman–Crippen MR) is 108 cm³/mol. The van der Waals surface area contributed by atoms with Gasteiger partial charge in [0.2, 0.25) is 0 Å². The molecule has 3 aromatic rings. The summed E-state index contributed by atoms with van der Waals surface area (Å²) in [5.41, 5.74) is 1.78. The third kappa shape index (κ3) is 4.18. The van der Waals surface area contributed by atoms with E-state index in [-0.39, 0.29) is 22.7 Å². The maximum absolute atomic E-state index is 11.9. The van der Waals surface area contributed by atoms with E-state index >= 15 is 0 Å². The van der Waals surface area contributed by atoms with E-state index in [9.17, 15) is 23.5 Å². The lowest BCUT2D eigenvalue weighted by atomic mass is 9.97. The number of nitrogens with zero attached hydrogens (tertiary/aromatic N) is 1. The predicted octanol–water partition coefficient (Wildman–Crippen LogP) is 3.89. The van der Waals surface area contributed by atoms with Gasteiger partial charge < -0.3 is 14.8 Å². The van der Waals surface area contributed by atoms with Gasteiger partial charge >= 0.3 is 5.97 Å². The summed E-state index contributed by atoms with van der Waals surface area (Å²) in [6.45, 7) is 1.45. The fourth-order valence-electron chi connectivity index (χ4n) is 2.99. The number of anilines is 2. The number of carbonyl (C=O) groups is 2. The Morgan fingerprint density at radius 1 is 0.931 bits per heavy atom. The molecule has 0 aliphatic heterocycles. The fraction of sp³-hybridized carbons (Fsp3) is 0.0476. The summed E-state index contributed by atoms with van der Waals surface area (Å²) >= 11 is -2.75. The first kappa shape index (κ1) is 20.2. The molecule has 29 heavy (non-hydrogen) atoms. The monoisotopic (exact) mass is 410 g/mol. The first-order chi connectivity index (χ1) is 13.8. The van der Waals surface area contributed by atoms with E-state index in [4.69, 9.17) is 5.11 Å². The van der Waals surface area contributed by atoms with Crippen LogP contribution in [-0.4, -0.2) is 30.7 Å². The van der Waals surface area contributed by atoms with Crippen LogP contribution in [0.2, 0.25) is 0 Å². The van der Waals surface area contributed by atoms with Crippen LogP contribution in [-0.2, 0) is 11.3 Å². The zero-order valence-corrected chi connectivity index (χ0v) is 16.1. The second kappa shape index (κ2) is 8.26. The van der Waals surface area contributed by atoms with Crippen molar-refractivity contribution in [1.82, 2.24) is 0 Å². The van der Waals surface area contributed by atoms with Gasteiger partial charge in [-0.2, -0.15) is 0 Å². The molecular formula is C21H16NO6S-. The van der Waals surface area contributed by atoms with Gasteiger partial charge in [0, 0.05) is 11.6 Å². The lowest BCUT2D eigenvalue weighted by Crippen LogP contribution is -2.19. The third-order valence-electron chi connectivity index (χ3n) is 4.29. The van der Waals surface area contributed by atoms with Crippen molar-refractivity contribution in [1.29, 1.82) is 0 Å². The second-order valence-electron chi connectivity index (χ2n) is 6.17. The van der Waals surface area contributed by atoms with Gasteiger partial charge in [0.25, 0.3) is 0 Å². The summed E-state index contributed by atoms with van der Waals surface area (Å²) in [6.07, 6.45) is 0. The molecule has 8 heteroatoms. The molecule has 3 aromatic carbocycles. The van der Waals surface area contributed by atoms with Crippen LogP contribution >= 0.6 is 0 Å². The number of hydrogen-bond acceptors (Lipinski definition) is 5. The van der Waals surface area contributed by atoms with Gasteiger partial charge in [-0.05, 0) is 42.3 Å². The lowest BCUT2D eigenvalue weighted by Gasteiger charge is -2.27. The van der Waals surface area contributed by atoms with Gasteiger partial charge in [-0.15, -0.1) is 0 Å². The summed E-state index contributed by atoms with van der Waals surface area (Å²) < 4.78 is 24.8. The van der Waals surface area contributed by atoms with Gasteiger partial charge in [-0.25, -0.2) is 4.79 Å². The summed E-state index contributed by atoms with van der Waals surface area (Å²) in [5, 5.41) is 19.0. The molecule has 3 rings (SSSR count). The molecule has 0 bridgehead atoms. The van der Waals surface area contributed by atoms with E-state index in [1.165, 1.54) is 13.0 Å². The van der Waals surface area contributed by atoms with Crippen LogP contribution in [0.25, 0.3) is 11.1 Å². The minimum absolute atomic E-state index is 0.0674. The minimum atomic E-state index is -2.75. The zero-order chi connectivity index (χ0) is 21.1. The molecule has 0 saturated carbocycles. The maximum atomic E-state index is 11.9. The van der Waals surface area contributed by atoms with E-state index in [0.717, 1.165) is 16.4 Å². The Kier molecular flexibility index (Phi) is 5.76. The average molecular weight is 410 g/mol. The zero-order valence-electron chi connectivity index (χ0n) is 15.2. The number of Topliss-reactive ketones (excluding diaryl/α,β-unsaturated/α-hetero) is 1. The van der Waals surface area contributed by atoms with Gasteiger partial charge in [0.05, 0.1) is 22.6 Å². The molecule has 148 valence electrons. The van der Waals surface area contributed by atoms with Gasteiger partial charge in [-0.3, -0.25) is 13.3 Å². The number of benzene rings is 3. The van der Waals surface area contributed by atoms with Crippen LogP contribution in [0.4, 0.5) is 11.4 Å². The number of phenols is 1. The Balaban J connectivity index is 2.10. The Morgan fingerprint density at radius 3 is 2.24 bits per heavy atom. The number of aromatic hydroxyl groups is 1. The normalized spacial score (nSPS) is 11.7. The van der Waals surface area contributed by atoms with Crippen LogP contribution in [0.3, 0.4) is 0 Å². The molecule has 0 saturated heterocycles. The number of ketones is 1. The largest absolute Gasteiger partial charge is 0.755 e. The first-order valence-electron chi connectivity index (χ1n) is 8.46. The molecule has 0 fully saturated rings. The number of hydrogen-bond donors (Lipinski definition) is 2. The molecule has 1 unspecified atom stereocenters. The Labute approximate surface area is 169 Å². The van der Waals surface area contributed by atoms with Crippen LogP contribution in [0.5, 0.6) is 5.75 Å². The van der Waals surface area contributed by atoms with Gasteiger partial charge in [0.15, 0.2) is 5.78 Å². The Bertz CT molecular complexity index is 1130. The number of aromatic carboxylic acids is 1. The van der Waals surface area contributed by atoms with E-state index in [2.05, 4.69) is 0 Å². The number of carboxylic acids is 1. The third-order valence-corrected chi connectivity index (χ3v) is 5.01. The molecule has 0 aliphatic rings. The van der Waals surface area contributed by atoms with Crippen LogP contribution in [0.1, 0.15) is 27.6 Å². The van der Waals surface area contributed by atoms with Crippen molar-refractivity contribution in [3.63, 3.8) is 0 Å². The second-order valence-corrected chi connectivity index (χ2v) is 6.97. The van der Waals surface area contributed by atoms with E-state index in [1.807, 2.05) is 0 Å². The summed E-state index contributed by atoms with van der Waals surface area (Å²) in [5.74, 6) is -2.00. The van der Waals surface area contributed by atoms with Crippen molar-refractivity contribution in [3.05, 3.63) is 77.9 Å². The quantitative estimate of drug-likeness (QED) is 0.470. The van der Waals surface area contributed by atoms with E-state index in [1.54, 1.807) is 48.5 Å². The standard InChI is InChI=1S/C21H17NO6S/c1-13(23)17-7-2-3-8-18(17)14-5-4-6-15(11-14)22(29(27)28)16-9-10-19(21(25)26)20(24)12-16/h2-12,24H,1H3,(H,25,26)(H,27,28)/p-1. The van der Waals surface area contributed by atoms with Crippen molar-refractivity contribution in [2.45, 2.75) is 6.92 Å². The highest BCUT2D eigenvalue weighted by atomic mass is 32.2. The lowest BCUT2D eigenvalue weighted by molar-refractivity contribution is 0.0693. The van der Waals surface area contributed by atoms with E-state index in [0.29, 0.717) is 16.7 Å². The van der Waals surface area contributed by atoms with Crippen molar-refractivity contribution in [2.75, 3.05) is 4.31 Å². The van der Waals surface area contributed by atoms with Crippen molar-refractivity contribution in [3.8, 4) is 16.9 Å². The van der Waals surface area contributed by atoms with Gasteiger partial charge in [-0.1, -0.05) is 36.4 Å². The molecular weight excluding hydrogens is 394 g/mol. The average Bonchev–Trinajstić information content (AvgIpc) is 2.68. The highest BCUT2D eigenvalue weighted by molar-refractivity contribution is 7.81. The first-order valence-corrected chi connectivity index (χ1v) is 9.49. The molecule has 0 amide bonds. The highest BCUT2D eigenvalue weighted by Crippen LogP contribution is 2.34. The van der Waals surface area contributed by atoms with Crippen molar-refractivity contribution in [2.24, 2.45) is 0 Å². The van der Waals surface area contributed by atoms with Crippen LogP contribution in [0, 0.1) is 0 Å². The molecule has 7 nitrogen and oxygen atoms in total. The maximum Gasteiger partial charge on any atom is 0.339 e. The van der Waals surface area contributed by atoms with Crippen molar-refractivity contribution >= 4 is 34.4 Å². The topological polar surface area (TPSA) is 118 Å². The molecule has 2 N–H and O–H groups in total. The SMILES string of the molecule is CC(=O)c1ccccc1-c1cccc(N(c2ccc(C(=O)O)c(O)c2)S(=O)[O-])c1. The van der Waals surface area contributed by atoms with E-state index < -0.39 is 23.0 Å². The molecule has 0 heterocycles. The number of carboxylic acid groups (broad SMARTS) is 1. The molecule has 0 spiro atoms. The van der Waals surface area contributed by atoms with Crippen LogP contribution in [0.15, 0.2) is 66.7 Å². The van der Waals surface area contributed by atoms with Gasteiger partial charge in [0.1, 0.15) is 11.3 Å².